The molecule has 0 N–H and O–H groups in total. The molecule has 0 radical (unpaired) electrons. The number of halogens is 1. The first-order chi connectivity index (χ1) is 9.79. The molecule has 0 aliphatic carbocycles. The molecular weight excluding hydrogens is 312 g/mol. The van der Waals surface area contributed by atoms with E-state index in [0.717, 1.165) is 23.2 Å². The molecule has 2 rings (SSSR count). The van der Waals surface area contributed by atoms with Crippen LogP contribution in [0.2, 0.25) is 0 Å². The fourth-order valence-corrected chi connectivity index (χ4v) is 2.37. The first-order valence-corrected chi connectivity index (χ1v) is 8.07. The second kappa shape index (κ2) is 8.11. The van der Waals surface area contributed by atoms with Gasteiger partial charge in [-0.05, 0) is 41.8 Å². The molecule has 0 heterocycles. The maximum atomic E-state index is 5.76. The van der Waals surface area contributed by atoms with E-state index in [0.29, 0.717) is 0 Å². The van der Waals surface area contributed by atoms with Gasteiger partial charge in [-0.1, -0.05) is 66.4 Å². The van der Waals surface area contributed by atoms with Crippen LogP contribution >= 0.6 is 15.9 Å². The van der Waals surface area contributed by atoms with Gasteiger partial charge in [-0.2, -0.15) is 0 Å². The summed E-state index contributed by atoms with van der Waals surface area (Å²) in [5.74, 6) is 0.961. The molecule has 0 amide bonds. The fraction of sp³-hybridized carbons (Fsp3) is 0.333. The summed E-state index contributed by atoms with van der Waals surface area (Å²) in [5.41, 5.74) is 2.44. The molecule has 0 aliphatic heterocycles. The Balaban J connectivity index is 1.88. The van der Waals surface area contributed by atoms with Crippen molar-refractivity contribution in [2.45, 2.75) is 32.6 Å². The predicted octanol–water partition coefficient (Wildman–Crippen LogP) is 6.08. The van der Waals surface area contributed by atoms with Crippen molar-refractivity contribution in [1.82, 2.24) is 0 Å². The van der Waals surface area contributed by atoms with Crippen LogP contribution < -0.4 is 4.74 Å². The van der Waals surface area contributed by atoms with Crippen molar-refractivity contribution in [1.29, 1.82) is 0 Å². The molecule has 0 atom stereocenters. The van der Waals surface area contributed by atoms with Crippen LogP contribution in [0.15, 0.2) is 53.0 Å². The Morgan fingerprint density at radius 2 is 1.40 bits per heavy atom. The van der Waals surface area contributed by atoms with E-state index in [4.69, 9.17) is 4.74 Å². The highest BCUT2D eigenvalue weighted by molar-refractivity contribution is 9.10. The molecule has 0 bridgehead atoms. The molecule has 0 unspecified atom stereocenters. The number of rotatable bonds is 7. The minimum absolute atomic E-state index is 0.817. The SMILES string of the molecule is CCCCCCOc1ccc(-c2ccc(Br)cc2)cc1. The Bertz CT molecular complexity index is 502. The summed E-state index contributed by atoms with van der Waals surface area (Å²) in [6.07, 6.45) is 4.96. The van der Waals surface area contributed by atoms with Crippen LogP contribution in [0.4, 0.5) is 0 Å². The third kappa shape index (κ3) is 4.68. The second-order valence-corrected chi connectivity index (χ2v) is 5.86. The standard InChI is InChI=1S/C18H21BrO/c1-2-3-4-5-14-20-18-12-8-16(9-13-18)15-6-10-17(19)11-7-15/h6-13H,2-5,14H2,1H3. The zero-order valence-corrected chi connectivity index (χ0v) is 13.5. The van der Waals surface area contributed by atoms with Crippen molar-refractivity contribution >= 4 is 15.9 Å². The Morgan fingerprint density at radius 1 is 0.800 bits per heavy atom. The number of ether oxygens (including phenoxy) is 1. The topological polar surface area (TPSA) is 9.23 Å². The van der Waals surface area contributed by atoms with Gasteiger partial charge in [0.05, 0.1) is 6.61 Å². The van der Waals surface area contributed by atoms with E-state index in [2.05, 4.69) is 71.4 Å². The van der Waals surface area contributed by atoms with Gasteiger partial charge in [0.2, 0.25) is 0 Å². The number of hydrogen-bond donors (Lipinski definition) is 0. The van der Waals surface area contributed by atoms with E-state index < -0.39 is 0 Å². The Hall–Kier alpha value is -1.28. The summed E-state index contributed by atoms with van der Waals surface area (Å²) >= 11 is 3.46. The minimum atomic E-state index is 0.817. The molecule has 20 heavy (non-hydrogen) atoms. The normalized spacial score (nSPS) is 10.5. The van der Waals surface area contributed by atoms with Crippen LogP contribution in [0.5, 0.6) is 5.75 Å². The second-order valence-electron chi connectivity index (χ2n) is 4.94. The Kier molecular flexibility index (Phi) is 6.13. The summed E-state index contributed by atoms with van der Waals surface area (Å²) in [6, 6.07) is 16.7. The lowest BCUT2D eigenvalue weighted by Gasteiger charge is -2.07. The predicted molar refractivity (Wildman–Crippen MR) is 89.2 cm³/mol. The quantitative estimate of drug-likeness (QED) is 0.558. The lowest BCUT2D eigenvalue weighted by Crippen LogP contribution is -1.96. The average molecular weight is 333 g/mol. The molecule has 0 fully saturated rings. The van der Waals surface area contributed by atoms with Crippen LogP contribution in [0.25, 0.3) is 11.1 Å². The molecule has 0 spiro atoms. The highest BCUT2D eigenvalue weighted by Crippen LogP contribution is 2.24. The van der Waals surface area contributed by atoms with E-state index in [-0.39, 0.29) is 0 Å². The molecule has 0 aliphatic rings. The van der Waals surface area contributed by atoms with Gasteiger partial charge >= 0.3 is 0 Å². The van der Waals surface area contributed by atoms with Gasteiger partial charge in [0.15, 0.2) is 0 Å². The summed E-state index contributed by atoms with van der Waals surface area (Å²) in [6.45, 7) is 3.04. The van der Waals surface area contributed by atoms with E-state index in [1.54, 1.807) is 0 Å². The summed E-state index contributed by atoms with van der Waals surface area (Å²) < 4.78 is 6.86. The average Bonchev–Trinajstić information content (AvgIpc) is 2.49. The van der Waals surface area contributed by atoms with E-state index >= 15 is 0 Å². The minimum Gasteiger partial charge on any atom is -0.494 e. The zero-order chi connectivity index (χ0) is 14.2. The summed E-state index contributed by atoms with van der Waals surface area (Å²) in [5, 5.41) is 0. The molecule has 106 valence electrons. The van der Waals surface area contributed by atoms with Crippen molar-refractivity contribution in [2.24, 2.45) is 0 Å². The molecule has 0 saturated heterocycles. The van der Waals surface area contributed by atoms with Crippen molar-refractivity contribution in [3.63, 3.8) is 0 Å². The van der Waals surface area contributed by atoms with Gasteiger partial charge in [-0.15, -0.1) is 0 Å². The maximum Gasteiger partial charge on any atom is 0.119 e. The Morgan fingerprint density at radius 3 is 2.00 bits per heavy atom. The fourth-order valence-electron chi connectivity index (χ4n) is 2.10. The molecule has 0 saturated carbocycles. The van der Waals surface area contributed by atoms with Gasteiger partial charge < -0.3 is 4.74 Å². The highest BCUT2D eigenvalue weighted by Gasteiger charge is 1.99. The first kappa shape index (κ1) is 15.1. The number of hydrogen-bond acceptors (Lipinski definition) is 1. The van der Waals surface area contributed by atoms with Crippen molar-refractivity contribution in [3.8, 4) is 16.9 Å². The zero-order valence-electron chi connectivity index (χ0n) is 11.9. The van der Waals surface area contributed by atoms with Gasteiger partial charge in [-0.3, -0.25) is 0 Å². The van der Waals surface area contributed by atoms with Crippen molar-refractivity contribution in [3.05, 3.63) is 53.0 Å². The molecule has 1 nitrogen and oxygen atoms in total. The third-order valence-corrected chi connectivity index (χ3v) is 3.83. The molecular formula is C18H21BrO. The van der Waals surface area contributed by atoms with E-state index in [9.17, 15) is 0 Å². The monoisotopic (exact) mass is 332 g/mol. The number of benzene rings is 2. The van der Waals surface area contributed by atoms with Crippen molar-refractivity contribution in [2.75, 3.05) is 6.61 Å². The summed E-state index contributed by atoms with van der Waals surface area (Å²) in [4.78, 5) is 0. The van der Waals surface area contributed by atoms with Crippen LogP contribution in [0, 0.1) is 0 Å². The van der Waals surface area contributed by atoms with Crippen LogP contribution in [-0.4, -0.2) is 6.61 Å². The Labute approximate surface area is 130 Å². The van der Waals surface area contributed by atoms with Crippen molar-refractivity contribution < 1.29 is 4.74 Å². The van der Waals surface area contributed by atoms with E-state index in [1.165, 1.54) is 30.4 Å². The lowest BCUT2D eigenvalue weighted by molar-refractivity contribution is 0.305. The number of unbranched alkanes of at least 4 members (excludes halogenated alkanes) is 3. The third-order valence-electron chi connectivity index (χ3n) is 3.30. The molecule has 2 heteroatoms. The van der Waals surface area contributed by atoms with Crippen LogP contribution in [0.1, 0.15) is 32.6 Å². The van der Waals surface area contributed by atoms with Gasteiger partial charge in [0.1, 0.15) is 5.75 Å². The van der Waals surface area contributed by atoms with Crippen LogP contribution in [-0.2, 0) is 0 Å². The molecule has 2 aromatic carbocycles. The lowest BCUT2D eigenvalue weighted by atomic mass is 10.1. The highest BCUT2D eigenvalue weighted by atomic mass is 79.9. The molecule has 2 aromatic rings. The van der Waals surface area contributed by atoms with Crippen LogP contribution in [0.3, 0.4) is 0 Å². The van der Waals surface area contributed by atoms with Gasteiger partial charge in [0, 0.05) is 4.47 Å². The smallest absolute Gasteiger partial charge is 0.119 e. The van der Waals surface area contributed by atoms with Gasteiger partial charge in [-0.25, -0.2) is 0 Å². The maximum absolute atomic E-state index is 5.76. The first-order valence-electron chi connectivity index (χ1n) is 7.28. The van der Waals surface area contributed by atoms with E-state index in [1.807, 2.05) is 0 Å². The largest absolute Gasteiger partial charge is 0.494 e. The summed E-state index contributed by atoms with van der Waals surface area (Å²) in [7, 11) is 0. The molecule has 0 aromatic heterocycles. The van der Waals surface area contributed by atoms with Gasteiger partial charge in [0.25, 0.3) is 0 Å².